The Morgan fingerprint density at radius 1 is 1.55 bits per heavy atom. The number of halogens is 1. The van der Waals surface area contributed by atoms with E-state index in [-0.39, 0.29) is 0 Å². The summed E-state index contributed by atoms with van der Waals surface area (Å²) in [5, 5.41) is 0. The number of aromatic nitrogens is 3. The van der Waals surface area contributed by atoms with Crippen LogP contribution in [0, 0.1) is 10.6 Å². The van der Waals surface area contributed by atoms with Gasteiger partial charge in [-0.2, -0.15) is 0 Å². The van der Waals surface area contributed by atoms with Gasteiger partial charge in [0.1, 0.15) is 3.70 Å². The van der Waals surface area contributed by atoms with Crippen molar-refractivity contribution in [2.45, 2.75) is 6.92 Å². The van der Waals surface area contributed by atoms with Crippen LogP contribution in [0.4, 0.5) is 0 Å². The third-order valence-electron chi connectivity index (χ3n) is 1.56. The highest BCUT2D eigenvalue weighted by molar-refractivity contribution is 14.1. The number of hydrogen-bond acceptors (Lipinski definition) is 2. The molecule has 3 nitrogen and oxygen atoms in total. The lowest BCUT2D eigenvalue weighted by molar-refractivity contribution is 1.26. The molecule has 0 amide bonds. The number of rotatable bonds is 0. The molecule has 0 saturated heterocycles. The molecule has 2 heterocycles. The Morgan fingerprint density at radius 2 is 2.36 bits per heavy atom. The Balaban J connectivity index is 2.91. The topological polar surface area (TPSA) is 41.6 Å². The molecule has 0 aliphatic carbocycles. The Bertz CT molecular complexity index is 393. The van der Waals surface area contributed by atoms with Crippen molar-refractivity contribution in [3.8, 4) is 0 Å². The first-order valence-corrected chi connectivity index (χ1v) is 4.31. The second-order valence-electron chi connectivity index (χ2n) is 2.36. The van der Waals surface area contributed by atoms with E-state index >= 15 is 0 Å². The molecular formula is C7H6IN3. The highest BCUT2D eigenvalue weighted by atomic mass is 127. The fraction of sp³-hybridized carbons (Fsp3) is 0.143. The summed E-state index contributed by atoms with van der Waals surface area (Å²) in [6, 6.07) is 2.03. The lowest BCUT2D eigenvalue weighted by atomic mass is 10.3. The molecule has 1 N–H and O–H groups in total. The summed E-state index contributed by atoms with van der Waals surface area (Å²) in [6.45, 7) is 2.05. The first kappa shape index (κ1) is 7.02. The smallest absolute Gasteiger partial charge is 0.178 e. The number of nitrogens with zero attached hydrogens (tertiary/aromatic N) is 2. The van der Waals surface area contributed by atoms with Crippen LogP contribution in [0.25, 0.3) is 11.2 Å². The summed E-state index contributed by atoms with van der Waals surface area (Å²) in [6.07, 6.45) is 1.67. The van der Waals surface area contributed by atoms with Gasteiger partial charge in [-0.1, -0.05) is 0 Å². The van der Waals surface area contributed by atoms with Gasteiger partial charge in [0.15, 0.2) is 5.65 Å². The molecule has 4 heteroatoms. The van der Waals surface area contributed by atoms with E-state index in [0.717, 1.165) is 14.9 Å². The van der Waals surface area contributed by atoms with Crippen molar-refractivity contribution in [1.82, 2.24) is 15.0 Å². The molecule has 0 saturated carbocycles. The van der Waals surface area contributed by atoms with Crippen molar-refractivity contribution >= 4 is 33.8 Å². The fourth-order valence-electron chi connectivity index (χ4n) is 1.05. The summed E-state index contributed by atoms with van der Waals surface area (Å²) in [5.74, 6) is 0. The maximum absolute atomic E-state index is 4.24. The van der Waals surface area contributed by atoms with E-state index in [0.29, 0.717) is 0 Å². The number of nitrogens with one attached hydrogen (secondary N) is 1. The summed E-state index contributed by atoms with van der Waals surface area (Å²) in [4.78, 5) is 11.3. The van der Waals surface area contributed by atoms with Gasteiger partial charge in [-0.05, 0) is 41.1 Å². The number of H-pyrrole nitrogens is 1. The maximum Gasteiger partial charge on any atom is 0.178 e. The Hall–Kier alpha value is -0.650. The van der Waals surface area contributed by atoms with Crippen LogP contribution < -0.4 is 0 Å². The zero-order valence-corrected chi connectivity index (χ0v) is 8.08. The molecule has 0 aliphatic heterocycles. The van der Waals surface area contributed by atoms with Crippen LogP contribution in [0.3, 0.4) is 0 Å². The van der Waals surface area contributed by atoms with Crippen LogP contribution in [0.1, 0.15) is 5.56 Å². The highest BCUT2D eigenvalue weighted by Crippen LogP contribution is 2.14. The predicted molar refractivity (Wildman–Crippen MR) is 51.3 cm³/mol. The molecule has 0 bridgehead atoms. The quantitative estimate of drug-likeness (QED) is 0.579. The standard InChI is InChI=1S/C7H6IN3/c1-4-2-5(8)11-7-6(4)9-3-10-7/h2-3H,1H3,(H,9,10,11). The van der Waals surface area contributed by atoms with Crippen molar-refractivity contribution < 1.29 is 0 Å². The number of aromatic amines is 1. The molecule has 0 radical (unpaired) electrons. The number of hydrogen-bond donors (Lipinski definition) is 1. The molecule has 0 aliphatic rings. The van der Waals surface area contributed by atoms with Crippen LogP contribution >= 0.6 is 22.6 Å². The first-order valence-electron chi connectivity index (χ1n) is 3.23. The second kappa shape index (κ2) is 2.44. The minimum atomic E-state index is 0.800. The number of fused-ring (bicyclic) bond motifs is 1. The molecule has 2 rings (SSSR count). The van der Waals surface area contributed by atoms with Crippen LogP contribution in [0.2, 0.25) is 0 Å². The van der Waals surface area contributed by atoms with Gasteiger partial charge in [-0.15, -0.1) is 0 Å². The molecule has 2 aromatic heterocycles. The molecule has 56 valence electrons. The normalized spacial score (nSPS) is 10.7. The molecule has 0 unspecified atom stereocenters. The highest BCUT2D eigenvalue weighted by Gasteiger charge is 2.01. The van der Waals surface area contributed by atoms with Gasteiger partial charge < -0.3 is 4.98 Å². The van der Waals surface area contributed by atoms with E-state index in [1.807, 2.05) is 13.0 Å². The summed E-state index contributed by atoms with van der Waals surface area (Å²) >= 11 is 2.19. The Kier molecular flexibility index (Phi) is 1.56. The van der Waals surface area contributed by atoms with Crippen molar-refractivity contribution in [3.05, 3.63) is 21.7 Å². The van der Waals surface area contributed by atoms with Crippen LogP contribution in [0.5, 0.6) is 0 Å². The van der Waals surface area contributed by atoms with E-state index in [9.17, 15) is 0 Å². The van der Waals surface area contributed by atoms with Crippen molar-refractivity contribution in [3.63, 3.8) is 0 Å². The predicted octanol–water partition coefficient (Wildman–Crippen LogP) is 1.87. The summed E-state index contributed by atoms with van der Waals surface area (Å²) in [7, 11) is 0. The number of imidazole rings is 1. The third kappa shape index (κ3) is 1.11. The van der Waals surface area contributed by atoms with E-state index < -0.39 is 0 Å². The van der Waals surface area contributed by atoms with Gasteiger partial charge in [0.2, 0.25) is 0 Å². The average Bonchev–Trinajstić information content (AvgIpc) is 2.34. The molecular weight excluding hydrogens is 253 g/mol. The monoisotopic (exact) mass is 259 g/mol. The van der Waals surface area contributed by atoms with Crippen molar-refractivity contribution in [2.24, 2.45) is 0 Å². The van der Waals surface area contributed by atoms with E-state index in [1.165, 1.54) is 5.56 Å². The largest absolute Gasteiger partial charge is 0.343 e. The molecule has 0 fully saturated rings. The fourth-order valence-corrected chi connectivity index (χ4v) is 1.74. The summed E-state index contributed by atoms with van der Waals surface area (Å²) in [5.41, 5.74) is 3.02. The van der Waals surface area contributed by atoms with Crippen LogP contribution in [-0.2, 0) is 0 Å². The average molecular weight is 259 g/mol. The first-order chi connectivity index (χ1) is 5.27. The molecule has 0 aromatic carbocycles. The number of pyridine rings is 1. The molecule has 11 heavy (non-hydrogen) atoms. The minimum Gasteiger partial charge on any atom is -0.343 e. The van der Waals surface area contributed by atoms with Gasteiger partial charge in [0.25, 0.3) is 0 Å². The van der Waals surface area contributed by atoms with Crippen LogP contribution in [-0.4, -0.2) is 15.0 Å². The zero-order chi connectivity index (χ0) is 7.84. The lowest BCUT2D eigenvalue weighted by Gasteiger charge is -1.94. The lowest BCUT2D eigenvalue weighted by Crippen LogP contribution is -1.85. The van der Waals surface area contributed by atoms with Gasteiger partial charge in [-0.25, -0.2) is 9.97 Å². The Morgan fingerprint density at radius 3 is 3.18 bits per heavy atom. The van der Waals surface area contributed by atoms with Crippen molar-refractivity contribution in [2.75, 3.05) is 0 Å². The number of aryl methyl sites for hydroxylation is 1. The van der Waals surface area contributed by atoms with E-state index in [2.05, 4.69) is 37.5 Å². The molecule has 2 aromatic rings. The van der Waals surface area contributed by atoms with E-state index in [4.69, 9.17) is 0 Å². The second-order valence-corrected chi connectivity index (χ2v) is 3.47. The molecule has 0 atom stereocenters. The van der Waals surface area contributed by atoms with Gasteiger partial charge >= 0.3 is 0 Å². The third-order valence-corrected chi connectivity index (χ3v) is 2.11. The SMILES string of the molecule is Cc1cc(I)nc2nc[nH]c12. The zero-order valence-electron chi connectivity index (χ0n) is 5.93. The van der Waals surface area contributed by atoms with Crippen molar-refractivity contribution in [1.29, 1.82) is 0 Å². The van der Waals surface area contributed by atoms with Gasteiger partial charge in [0.05, 0.1) is 11.8 Å². The summed E-state index contributed by atoms with van der Waals surface area (Å²) < 4.78 is 0.986. The maximum atomic E-state index is 4.24. The van der Waals surface area contributed by atoms with Gasteiger partial charge in [0, 0.05) is 0 Å². The Labute approximate surface area is 77.4 Å². The van der Waals surface area contributed by atoms with Gasteiger partial charge in [-0.3, -0.25) is 0 Å². The molecule has 0 spiro atoms. The minimum absolute atomic E-state index is 0.800. The van der Waals surface area contributed by atoms with E-state index in [1.54, 1.807) is 6.33 Å². The van der Waals surface area contributed by atoms with Crippen LogP contribution in [0.15, 0.2) is 12.4 Å².